The van der Waals surface area contributed by atoms with Crippen molar-refractivity contribution in [1.29, 1.82) is 0 Å². The quantitative estimate of drug-likeness (QED) is 0.781. The first-order valence-electron chi connectivity index (χ1n) is 7.96. The zero-order chi connectivity index (χ0) is 17.4. The van der Waals surface area contributed by atoms with Crippen LogP contribution in [0.3, 0.4) is 0 Å². The average Bonchev–Trinajstić information content (AvgIpc) is 2.57. The number of aliphatic hydroxyl groups excluding tert-OH is 1. The second-order valence-electron chi connectivity index (χ2n) is 5.66. The van der Waals surface area contributed by atoms with E-state index in [0.717, 1.165) is 5.56 Å². The van der Waals surface area contributed by atoms with Crippen molar-refractivity contribution in [2.75, 3.05) is 6.61 Å². The van der Waals surface area contributed by atoms with Gasteiger partial charge in [-0.15, -0.1) is 0 Å². The van der Waals surface area contributed by atoms with Crippen molar-refractivity contribution in [3.63, 3.8) is 0 Å². The van der Waals surface area contributed by atoms with Gasteiger partial charge in [-0.1, -0.05) is 42.5 Å². The molecule has 2 aromatic rings. The Morgan fingerprint density at radius 3 is 2.54 bits per heavy atom. The topological polar surface area (TPSA) is 58.6 Å². The molecule has 1 amide bonds. The van der Waals surface area contributed by atoms with Crippen molar-refractivity contribution in [3.8, 4) is 5.75 Å². The third kappa shape index (κ3) is 5.66. The van der Waals surface area contributed by atoms with E-state index >= 15 is 0 Å². The number of carbonyl (C=O) groups is 1. The van der Waals surface area contributed by atoms with E-state index in [4.69, 9.17) is 4.74 Å². The molecule has 0 saturated heterocycles. The van der Waals surface area contributed by atoms with Crippen molar-refractivity contribution in [2.24, 2.45) is 0 Å². The van der Waals surface area contributed by atoms with Gasteiger partial charge in [-0.25, -0.2) is 4.39 Å². The maximum absolute atomic E-state index is 13.4. The fourth-order valence-electron chi connectivity index (χ4n) is 2.37. The summed E-state index contributed by atoms with van der Waals surface area (Å²) in [6.45, 7) is 1.93. The van der Waals surface area contributed by atoms with E-state index in [-0.39, 0.29) is 30.7 Å². The van der Waals surface area contributed by atoms with E-state index in [2.05, 4.69) is 5.32 Å². The standard InChI is InChI=1S/C19H22FNO3/c1-14(13-17(22)15-7-3-2-4-8-15)21-19(23)11-12-24-18-10-6-5-9-16(18)20/h2-10,14,17,22H,11-13H2,1H3,(H,21,23). The number of amides is 1. The predicted molar refractivity (Wildman–Crippen MR) is 90.1 cm³/mol. The second-order valence-corrected chi connectivity index (χ2v) is 5.66. The highest BCUT2D eigenvalue weighted by Gasteiger charge is 2.14. The first-order chi connectivity index (χ1) is 11.6. The van der Waals surface area contributed by atoms with Gasteiger partial charge in [-0.05, 0) is 31.0 Å². The monoisotopic (exact) mass is 331 g/mol. The molecule has 2 N–H and O–H groups in total. The van der Waals surface area contributed by atoms with E-state index in [1.165, 1.54) is 12.1 Å². The number of para-hydroxylation sites is 1. The third-order valence-electron chi connectivity index (χ3n) is 3.59. The molecule has 5 heteroatoms. The fourth-order valence-corrected chi connectivity index (χ4v) is 2.37. The number of aliphatic hydroxyl groups is 1. The molecule has 0 aliphatic carbocycles. The minimum atomic E-state index is -0.629. The molecule has 128 valence electrons. The predicted octanol–water partition coefficient (Wildman–Crippen LogP) is 3.22. The Morgan fingerprint density at radius 2 is 1.83 bits per heavy atom. The average molecular weight is 331 g/mol. The van der Waals surface area contributed by atoms with Gasteiger partial charge in [0, 0.05) is 6.04 Å². The molecule has 0 heterocycles. The van der Waals surface area contributed by atoms with Crippen molar-refractivity contribution in [2.45, 2.75) is 31.9 Å². The highest BCUT2D eigenvalue weighted by Crippen LogP contribution is 2.18. The van der Waals surface area contributed by atoms with E-state index in [0.29, 0.717) is 6.42 Å². The van der Waals surface area contributed by atoms with E-state index in [1.54, 1.807) is 12.1 Å². The molecule has 24 heavy (non-hydrogen) atoms. The molecule has 0 saturated carbocycles. The molecule has 0 aliphatic heterocycles. The second kappa shape index (κ2) is 9.03. The molecule has 0 aliphatic rings. The number of nitrogens with one attached hydrogen (secondary N) is 1. The summed E-state index contributed by atoms with van der Waals surface area (Å²) in [6.07, 6.45) is -0.0829. The van der Waals surface area contributed by atoms with Crippen LogP contribution in [-0.2, 0) is 4.79 Å². The summed E-state index contributed by atoms with van der Waals surface area (Å²) in [5.74, 6) is -0.505. The summed E-state index contributed by atoms with van der Waals surface area (Å²) in [4.78, 5) is 11.9. The first-order valence-corrected chi connectivity index (χ1v) is 7.96. The van der Waals surface area contributed by atoms with Crippen LogP contribution in [0.25, 0.3) is 0 Å². The molecule has 2 rings (SSSR count). The molecule has 0 bridgehead atoms. The number of rotatable bonds is 8. The van der Waals surface area contributed by atoms with Gasteiger partial charge in [0.15, 0.2) is 11.6 Å². The fraction of sp³-hybridized carbons (Fsp3) is 0.316. The lowest BCUT2D eigenvalue weighted by Gasteiger charge is -2.18. The van der Waals surface area contributed by atoms with Gasteiger partial charge in [0.05, 0.1) is 19.1 Å². The SMILES string of the molecule is CC(CC(O)c1ccccc1)NC(=O)CCOc1ccccc1F. The Labute approximate surface area is 141 Å². The Bertz CT molecular complexity index is 648. The van der Waals surface area contributed by atoms with Gasteiger partial charge in [0.2, 0.25) is 5.91 Å². The first kappa shape index (κ1) is 17.9. The molecular formula is C19H22FNO3. The van der Waals surface area contributed by atoms with Crippen LogP contribution in [0, 0.1) is 5.82 Å². The van der Waals surface area contributed by atoms with E-state index in [9.17, 15) is 14.3 Å². The van der Waals surface area contributed by atoms with Crippen LogP contribution in [-0.4, -0.2) is 23.7 Å². The molecule has 0 radical (unpaired) electrons. The lowest BCUT2D eigenvalue weighted by molar-refractivity contribution is -0.122. The number of hydrogen-bond donors (Lipinski definition) is 2. The highest BCUT2D eigenvalue weighted by atomic mass is 19.1. The number of ether oxygens (including phenoxy) is 1. The van der Waals surface area contributed by atoms with E-state index < -0.39 is 11.9 Å². The lowest BCUT2D eigenvalue weighted by Crippen LogP contribution is -2.34. The van der Waals surface area contributed by atoms with Gasteiger partial charge in [0.25, 0.3) is 0 Å². The molecular weight excluding hydrogens is 309 g/mol. The molecule has 0 spiro atoms. The zero-order valence-electron chi connectivity index (χ0n) is 13.6. The van der Waals surface area contributed by atoms with Gasteiger partial charge in [-0.3, -0.25) is 4.79 Å². The number of halogens is 1. The molecule has 0 fully saturated rings. The number of carbonyl (C=O) groups excluding carboxylic acids is 1. The summed E-state index contributed by atoms with van der Waals surface area (Å²) >= 11 is 0. The Balaban J connectivity index is 1.71. The number of benzene rings is 2. The smallest absolute Gasteiger partial charge is 0.223 e. The minimum Gasteiger partial charge on any atom is -0.490 e. The number of hydrogen-bond acceptors (Lipinski definition) is 3. The van der Waals surface area contributed by atoms with Crippen LogP contribution < -0.4 is 10.1 Å². The van der Waals surface area contributed by atoms with Crippen LogP contribution in [0.4, 0.5) is 4.39 Å². The van der Waals surface area contributed by atoms with Crippen LogP contribution in [0.15, 0.2) is 54.6 Å². The summed E-state index contributed by atoms with van der Waals surface area (Å²) in [6, 6.07) is 15.2. The van der Waals surface area contributed by atoms with E-state index in [1.807, 2.05) is 37.3 Å². The van der Waals surface area contributed by atoms with Crippen molar-refractivity contribution < 1.29 is 19.0 Å². The van der Waals surface area contributed by atoms with Gasteiger partial charge < -0.3 is 15.2 Å². The lowest BCUT2D eigenvalue weighted by atomic mass is 10.0. The zero-order valence-corrected chi connectivity index (χ0v) is 13.6. The Kier molecular flexibility index (Phi) is 6.75. The van der Waals surface area contributed by atoms with Crippen molar-refractivity contribution in [1.82, 2.24) is 5.32 Å². The normalized spacial score (nSPS) is 13.1. The summed E-state index contributed by atoms with van der Waals surface area (Å²) in [7, 11) is 0. The van der Waals surface area contributed by atoms with Gasteiger partial charge in [0.1, 0.15) is 0 Å². The van der Waals surface area contributed by atoms with Crippen molar-refractivity contribution in [3.05, 3.63) is 66.0 Å². The molecule has 2 aromatic carbocycles. The van der Waals surface area contributed by atoms with Crippen LogP contribution in [0.5, 0.6) is 5.75 Å². The molecule has 2 unspecified atom stereocenters. The Morgan fingerprint density at radius 1 is 1.17 bits per heavy atom. The maximum atomic E-state index is 13.4. The van der Waals surface area contributed by atoms with Gasteiger partial charge in [-0.2, -0.15) is 0 Å². The van der Waals surface area contributed by atoms with Gasteiger partial charge >= 0.3 is 0 Å². The highest BCUT2D eigenvalue weighted by molar-refractivity contribution is 5.76. The summed E-state index contributed by atoms with van der Waals surface area (Å²) < 4.78 is 18.6. The summed E-state index contributed by atoms with van der Waals surface area (Å²) in [5.41, 5.74) is 0.821. The third-order valence-corrected chi connectivity index (χ3v) is 3.59. The van der Waals surface area contributed by atoms with Crippen LogP contribution in [0.1, 0.15) is 31.4 Å². The van der Waals surface area contributed by atoms with Crippen LogP contribution in [0.2, 0.25) is 0 Å². The molecule has 4 nitrogen and oxygen atoms in total. The summed E-state index contributed by atoms with van der Waals surface area (Å²) in [5, 5.41) is 13.0. The molecule has 0 aromatic heterocycles. The van der Waals surface area contributed by atoms with Crippen molar-refractivity contribution >= 4 is 5.91 Å². The maximum Gasteiger partial charge on any atom is 0.223 e. The van der Waals surface area contributed by atoms with Crippen LogP contribution >= 0.6 is 0 Å². The minimum absolute atomic E-state index is 0.0979. The molecule has 2 atom stereocenters. The largest absolute Gasteiger partial charge is 0.490 e. The Hall–Kier alpha value is -2.40.